The van der Waals surface area contributed by atoms with Gasteiger partial charge in [-0.05, 0) is 52.6 Å². The van der Waals surface area contributed by atoms with Crippen LogP contribution in [0, 0.1) is 0 Å². The highest BCUT2D eigenvalue weighted by Crippen LogP contribution is 2.49. The van der Waals surface area contributed by atoms with Gasteiger partial charge in [-0.2, -0.15) is 0 Å². The van der Waals surface area contributed by atoms with E-state index in [0.717, 1.165) is 87.5 Å². The van der Waals surface area contributed by atoms with Crippen molar-refractivity contribution in [2.24, 2.45) is 0 Å². The second kappa shape index (κ2) is 15.6. The molecule has 0 aliphatic carbocycles. The van der Waals surface area contributed by atoms with Crippen molar-refractivity contribution in [3.05, 3.63) is 207 Å². The third-order valence-corrected chi connectivity index (χ3v) is 12.1. The predicted octanol–water partition coefficient (Wildman–Crippen LogP) is 13.8. The molecule has 0 unspecified atom stereocenters. The highest BCUT2D eigenvalue weighted by molar-refractivity contribution is 7.24. The summed E-state index contributed by atoms with van der Waals surface area (Å²) in [7, 11) is 0. The van der Waals surface area contributed by atoms with Gasteiger partial charge in [0.05, 0.1) is 27.5 Å². The van der Waals surface area contributed by atoms with E-state index in [1.165, 1.54) is 5.56 Å². The standard InChI is InChI=1S/C54H34N6S/c1-4-14-35(15-5-1)36-22-26-40(27-23-36)53-58-52(39-18-8-3-9-19-39)59-54(60-53)41-28-24-37(25-29-41)42-30-31-43-46(34-42)57-49(38-16-6-2-7-17-38)48-47(44-20-10-12-32-55-44)51(61-50(43)48)45-21-11-13-33-56-45/h1-34H. The second-order valence-electron chi connectivity index (χ2n) is 14.7. The minimum Gasteiger partial charge on any atom is -0.256 e. The molecule has 0 spiro atoms. The molecule has 0 amide bonds. The maximum atomic E-state index is 5.45. The van der Waals surface area contributed by atoms with Gasteiger partial charge in [0.25, 0.3) is 0 Å². The lowest BCUT2D eigenvalue weighted by Crippen LogP contribution is -2.00. The quantitative estimate of drug-likeness (QED) is 0.152. The van der Waals surface area contributed by atoms with Crippen LogP contribution in [-0.2, 0) is 0 Å². The molecule has 61 heavy (non-hydrogen) atoms. The van der Waals surface area contributed by atoms with Gasteiger partial charge in [0, 0.05) is 55.7 Å². The van der Waals surface area contributed by atoms with E-state index in [9.17, 15) is 0 Å². The number of rotatable bonds is 8. The van der Waals surface area contributed by atoms with Crippen LogP contribution < -0.4 is 0 Å². The fourth-order valence-corrected chi connectivity index (χ4v) is 9.18. The topological polar surface area (TPSA) is 77.3 Å². The Kier molecular flexibility index (Phi) is 9.26. The van der Waals surface area contributed by atoms with Crippen molar-refractivity contribution in [1.82, 2.24) is 29.9 Å². The highest BCUT2D eigenvalue weighted by atomic mass is 32.1. The Bertz CT molecular complexity index is 3300. The lowest BCUT2D eigenvalue weighted by Gasteiger charge is -2.12. The summed E-state index contributed by atoms with van der Waals surface area (Å²) in [4.78, 5) is 31.1. The summed E-state index contributed by atoms with van der Waals surface area (Å²) >= 11 is 1.75. The average Bonchev–Trinajstić information content (AvgIpc) is 3.76. The van der Waals surface area contributed by atoms with Crippen LogP contribution in [0.5, 0.6) is 0 Å². The van der Waals surface area contributed by atoms with Crippen molar-refractivity contribution in [2.75, 3.05) is 0 Å². The molecule has 7 heteroatoms. The minimum absolute atomic E-state index is 0.614. The third-order valence-electron chi connectivity index (χ3n) is 10.9. The van der Waals surface area contributed by atoms with Gasteiger partial charge in [0.1, 0.15) is 0 Å². The molecule has 0 atom stereocenters. The summed E-state index contributed by atoms with van der Waals surface area (Å²) in [5, 5.41) is 2.17. The van der Waals surface area contributed by atoms with Crippen molar-refractivity contribution in [1.29, 1.82) is 0 Å². The molecule has 0 aliphatic rings. The van der Waals surface area contributed by atoms with Crippen LogP contribution in [0.1, 0.15) is 0 Å². The number of benzene rings is 6. The SMILES string of the molecule is c1ccc(-c2ccc(-c3nc(-c4ccccc4)nc(-c4ccc(-c5ccc6c(c5)nc(-c5ccccc5)c5c(-c7ccccn7)c(-c7ccccn7)sc56)cc4)n3)cc2)cc1. The molecular formula is C54H34N6S. The Morgan fingerprint density at radius 2 is 0.787 bits per heavy atom. The summed E-state index contributed by atoms with van der Waals surface area (Å²) in [5.41, 5.74) is 12.9. The van der Waals surface area contributed by atoms with Crippen LogP contribution in [-0.4, -0.2) is 29.9 Å². The van der Waals surface area contributed by atoms with Crippen LogP contribution >= 0.6 is 11.3 Å². The molecule has 6 nitrogen and oxygen atoms in total. The number of aromatic nitrogens is 6. The molecule has 0 saturated heterocycles. The van der Waals surface area contributed by atoms with Gasteiger partial charge in [-0.25, -0.2) is 19.9 Å². The monoisotopic (exact) mass is 798 g/mol. The molecule has 0 N–H and O–H groups in total. The molecule has 5 heterocycles. The second-order valence-corrected chi connectivity index (χ2v) is 15.7. The maximum absolute atomic E-state index is 5.45. The third kappa shape index (κ3) is 6.93. The minimum atomic E-state index is 0.614. The van der Waals surface area contributed by atoms with Crippen LogP contribution in [0.2, 0.25) is 0 Å². The van der Waals surface area contributed by atoms with E-state index in [0.29, 0.717) is 17.5 Å². The molecule has 0 radical (unpaired) electrons. The first-order valence-corrected chi connectivity index (χ1v) is 20.9. The van der Waals surface area contributed by atoms with E-state index < -0.39 is 0 Å². The summed E-state index contributed by atoms with van der Waals surface area (Å²) in [5.74, 6) is 1.87. The van der Waals surface area contributed by atoms with Gasteiger partial charge in [-0.3, -0.25) is 9.97 Å². The Hall–Kier alpha value is -8.00. The summed E-state index contributed by atoms with van der Waals surface area (Å²) in [6, 6.07) is 66.5. The Balaban J connectivity index is 1.01. The number of nitrogens with zero attached hydrogens (tertiary/aromatic N) is 6. The van der Waals surface area contributed by atoms with Crippen molar-refractivity contribution >= 4 is 32.3 Å². The van der Waals surface area contributed by atoms with Gasteiger partial charge < -0.3 is 0 Å². The molecule has 11 rings (SSSR count). The lowest BCUT2D eigenvalue weighted by atomic mass is 9.97. The number of fused-ring (bicyclic) bond motifs is 3. The summed E-state index contributed by atoms with van der Waals surface area (Å²) < 4.78 is 1.15. The number of pyridine rings is 3. The van der Waals surface area contributed by atoms with E-state index >= 15 is 0 Å². The molecule has 286 valence electrons. The van der Waals surface area contributed by atoms with Crippen LogP contribution in [0.3, 0.4) is 0 Å². The van der Waals surface area contributed by atoms with E-state index in [2.05, 4.69) is 127 Å². The zero-order chi connectivity index (χ0) is 40.5. The zero-order valence-electron chi connectivity index (χ0n) is 32.7. The molecule has 0 saturated carbocycles. The lowest BCUT2D eigenvalue weighted by molar-refractivity contribution is 1.07. The van der Waals surface area contributed by atoms with Crippen molar-refractivity contribution in [3.8, 4) is 89.5 Å². The molecule has 11 aromatic rings. The molecule has 0 bridgehead atoms. The van der Waals surface area contributed by atoms with Gasteiger partial charge in [0.15, 0.2) is 17.5 Å². The molecule has 5 aromatic heterocycles. The molecular weight excluding hydrogens is 765 g/mol. The summed E-state index contributed by atoms with van der Waals surface area (Å²) in [6.45, 7) is 0. The largest absolute Gasteiger partial charge is 0.256 e. The van der Waals surface area contributed by atoms with Crippen molar-refractivity contribution in [2.45, 2.75) is 0 Å². The maximum Gasteiger partial charge on any atom is 0.164 e. The fourth-order valence-electron chi connectivity index (χ4n) is 7.86. The first-order chi connectivity index (χ1) is 30.2. The van der Waals surface area contributed by atoms with Gasteiger partial charge in [-0.1, -0.05) is 164 Å². The first kappa shape index (κ1) is 36.1. The smallest absolute Gasteiger partial charge is 0.164 e. The average molecular weight is 799 g/mol. The predicted molar refractivity (Wildman–Crippen MR) is 250 cm³/mol. The van der Waals surface area contributed by atoms with Gasteiger partial charge >= 0.3 is 0 Å². The first-order valence-electron chi connectivity index (χ1n) is 20.1. The van der Waals surface area contributed by atoms with Crippen LogP contribution in [0.15, 0.2) is 207 Å². The van der Waals surface area contributed by atoms with E-state index in [1.807, 2.05) is 79.1 Å². The zero-order valence-corrected chi connectivity index (χ0v) is 33.5. The van der Waals surface area contributed by atoms with E-state index in [4.69, 9.17) is 29.9 Å². The number of hydrogen-bond donors (Lipinski definition) is 0. The van der Waals surface area contributed by atoms with Crippen molar-refractivity contribution in [3.63, 3.8) is 0 Å². The molecule has 0 fully saturated rings. The Morgan fingerprint density at radius 1 is 0.344 bits per heavy atom. The highest BCUT2D eigenvalue weighted by Gasteiger charge is 2.24. The van der Waals surface area contributed by atoms with E-state index in [-0.39, 0.29) is 0 Å². The Morgan fingerprint density at radius 3 is 1.34 bits per heavy atom. The van der Waals surface area contributed by atoms with E-state index in [1.54, 1.807) is 11.3 Å². The number of thiophene rings is 1. The fraction of sp³-hybridized carbons (Fsp3) is 0. The van der Waals surface area contributed by atoms with Gasteiger partial charge in [0.2, 0.25) is 0 Å². The normalized spacial score (nSPS) is 11.3. The van der Waals surface area contributed by atoms with Crippen LogP contribution in [0.4, 0.5) is 0 Å². The number of hydrogen-bond acceptors (Lipinski definition) is 7. The molecule has 6 aromatic carbocycles. The van der Waals surface area contributed by atoms with Crippen molar-refractivity contribution < 1.29 is 0 Å². The van der Waals surface area contributed by atoms with Gasteiger partial charge in [-0.15, -0.1) is 11.3 Å². The van der Waals surface area contributed by atoms with Crippen LogP contribution in [0.25, 0.3) is 110 Å². The Labute approximate surface area is 356 Å². The molecule has 0 aliphatic heterocycles. The summed E-state index contributed by atoms with van der Waals surface area (Å²) in [6.07, 6.45) is 3.70.